The van der Waals surface area contributed by atoms with Crippen LogP contribution in [0.15, 0.2) is 41.2 Å². The average molecular weight is 438 g/mol. The van der Waals surface area contributed by atoms with Crippen LogP contribution in [0.3, 0.4) is 0 Å². The topological polar surface area (TPSA) is 120 Å². The van der Waals surface area contributed by atoms with Gasteiger partial charge < -0.3 is 9.84 Å². The molecular formula is C22H22N4O6. The van der Waals surface area contributed by atoms with Crippen LogP contribution in [0.25, 0.3) is 16.5 Å². The molecule has 1 N–H and O–H groups in total. The highest BCUT2D eigenvalue weighted by atomic mass is 16.6. The van der Waals surface area contributed by atoms with Gasteiger partial charge >= 0.3 is 11.8 Å². The summed E-state index contributed by atoms with van der Waals surface area (Å²) in [6.45, 7) is 2.68. The summed E-state index contributed by atoms with van der Waals surface area (Å²) in [4.78, 5) is 38.4. The van der Waals surface area contributed by atoms with Gasteiger partial charge in [0, 0.05) is 18.0 Å². The van der Waals surface area contributed by atoms with Gasteiger partial charge in [-0.25, -0.2) is 14.2 Å². The molecule has 3 aromatic rings. The van der Waals surface area contributed by atoms with Crippen molar-refractivity contribution in [2.75, 3.05) is 13.2 Å². The zero-order valence-electron chi connectivity index (χ0n) is 17.4. The van der Waals surface area contributed by atoms with Crippen LogP contribution in [0.5, 0.6) is 5.88 Å². The van der Waals surface area contributed by atoms with Crippen molar-refractivity contribution in [2.45, 2.75) is 38.3 Å². The highest BCUT2D eigenvalue weighted by molar-refractivity contribution is 5.97. The maximum absolute atomic E-state index is 13.3. The van der Waals surface area contributed by atoms with E-state index in [9.17, 15) is 24.8 Å². The van der Waals surface area contributed by atoms with Crippen LogP contribution in [0.1, 0.15) is 44.0 Å². The molecule has 32 heavy (non-hydrogen) atoms. The molecular weight excluding hydrogens is 416 g/mol. The van der Waals surface area contributed by atoms with Crippen LogP contribution >= 0.6 is 0 Å². The zero-order chi connectivity index (χ0) is 22.6. The van der Waals surface area contributed by atoms with Crippen molar-refractivity contribution in [3.8, 4) is 11.6 Å². The van der Waals surface area contributed by atoms with Gasteiger partial charge in [0.1, 0.15) is 5.69 Å². The number of ether oxygens (including phenoxy) is 1. The van der Waals surface area contributed by atoms with Gasteiger partial charge in [-0.05, 0) is 25.0 Å². The van der Waals surface area contributed by atoms with E-state index >= 15 is 0 Å². The molecule has 1 fully saturated rings. The number of imidazole rings is 1. The fourth-order valence-electron chi connectivity index (χ4n) is 4.87. The van der Waals surface area contributed by atoms with E-state index in [1.807, 2.05) is 6.92 Å². The number of fused-ring (bicyclic) bond motifs is 6. The second kappa shape index (κ2) is 7.40. The van der Waals surface area contributed by atoms with Crippen molar-refractivity contribution < 1.29 is 19.6 Å². The second-order valence-electron chi connectivity index (χ2n) is 8.13. The Morgan fingerprint density at radius 1 is 1.25 bits per heavy atom. The fraction of sp³-hybridized carbons (Fsp3) is 0.364. The first-order valence-corrected chi connectivity index (χ1v) is 10.6. The number of nitro benzene ring substituents is 1. The molecule has 0 radical (unpaired) electrons. The van der Waals surface area contributed by atoms with Crippen molar-refractivity contribution in [3.05, 3.63) is 62.7 Å². The SMILES string of the molecule is CCCCOC(=O)N1C[C@@H]2C[C@H]1c1c(O)n(-c3ccc([N+](=O)[O-])c4ccccc34)c(=O)n12. The lowest BCUT2D eigenvalue weighted by atomic mass is 10.1. The molecule has 2 aliphatic rings. The maximum atomic E-state index is 13.3. The fourth-order valence-corrected chi connectivity index (χ4v) is 4.87. The number of aromatic nitrogens is 2. The number of amides is 1. The van der Waals surface area contributed by atoms with E-state index in [-0.39, 0.29) is 17.6 Å². The first-order chi connectivity index (χ1) is 15.4. The highest BCUT2D eigenvalue weighted by Gasteiger charge is 2.49. The third-order valence-electron chi connectivity index (χ3n) is 6.33. The Morgan fingerprint density at radius 3 is 2.72 bits per heavy atom. The summed E-state index contributed by atoms with van der Waals surface area (Å²) >= 11 is 0. The standard InChI is InChI=1S/C22H22N4O6/c1-2-3-10-32-22(29)23-12-13-11-18(23)19-20(27)25(21(28)24(13)19)16-8-9-17(26(30)31)15-7-5-4-6-14(15)16/h4-9,13,18,27H,2-3,10-12H2,1H3/t13-,18-/m0/s1. The lowest BCUT2D eigenvalue weighted by Gasteiger charge is -2.26. The van der Waals surface area contributed by atoms with E-state index < -0.39 is 22.7 Å². The normalized spacial score (nSPS) is 18.8. The van der Waals surface area contributed by atoms with Gasteiger partial charge in [0.25, 0.3) is 5.69 Å². The van der Waals surface area contributed by atoms with Crippen molar-refractivity contribution in [1.29, 1.82) is 0 Å². The largest absolute Gasteiger partial charge is 0.493 e. The van der Waals surface area contributed by atoms with Crippen molar-refractivity contribution >= 4 is 22.6 Å². The quantitative estimate of drug-likeness (QED) is 0.369. The summed E-state index contributed by atoms with van der Waals surface area (Å²) in [5.41, 5.74) is 0.223. The highest BCUT2D eigenvalue weighted by Crippen LogP contribution is 2.49. The number of rotatable bonds is 5. The molecule has 0 aliphatic carbocycles. The first-order valence-electron chi connectivity index (χ1n) is 10.6. The van der Waals surface area contributed by atoms with E-state index in [1.54, 1.807) is 29.2 Å². The molecule has 1 saturated heterocycles. The molecule has 1 aromatic heterocycles. The van der Waals surface area contributed by atoms with Crippen LogP contribution in [0, 0.1) is 10.1 Å². The first kappa shape index (κ1) is 20.1. The van der Waals surface area contributed by atoms with Crippen LogP contribution < -0.4 is 5.69 Å². The van der Waals surface area contributed by atoms with Crippen LogP contribution in [-0.2, 0) is 4.74 Å². The Hall–Kier alpha value is -3.82. The smallest absolute Gasteiger partial charge is 0.410 e. The van der Waals surface area contributed by atoms with Crippen molar-refractivity contribution in [2.24, 2.45) is 0 Å². The number of nitro groups is 1. The minimum Gasteiger partial charge on any atom is -0.493 e. The van der Waals surface area contributed by atoms with Gasteiger partial charge in [0.05, 0.1) is 34.7 Å². The monoisotopic (exact) mass is 438 g/mol. The summed E-state index contributed by atoms with van der Waals surface area (Å²) in [6.07, 6.45) is 1.78. The Morgan fingerprint density at radius 2 is 2.00 bits per heavy atom. The molecule has 10 heteroatoms. The number of hydrogen-bond acceptors (Lipinski definition) is 6. The number of nitrogens with zero attached hydrogens (tertiary/aromatic N) is 4. The van der Waals surface area contributed by atoms with Gasteiger partial charge in [-0.3, -0.25) is 19.6 Å². The molecule has 10 nitrogen and oxygen atoms in total. The number of likely N-dealkylation sites (tertiary alicyclic amines) is 1. The Labute approximate surface area is 182 Å². The summed E-state index contributed by atoms with van der Waals surface area (Å²) in [7, 11) is 0. The predicted octanol–water partition coefficient (Wildman–Crippen LogP) is 3.64. The minimum absolute atomic E-state index is 0.0790. The molecule has 0 spiro atoms. The van der Waals surface area contributed by atoms with Gasteiger partial charge in [0.2, 0.25) is 5.88 Å². The molecule has 0 saturated carbocycles. The molecule has 166 valence electrons. The number of hydrogen-bond donors (Lipinski definition) is 1. The minimum atomic E-state index is -0.475. The van der Waals surface area contributed by atoms with Crippen molar-refractivity contribution in [3.63, 3.8) is 0 Å². The van der Waals surface area contributed by atoms with Gasteiger partial charge in [-0.2, -0.15) is 0 Å². The van der Waals surface area contributed by atoms with E-state index in [1.165, 1.54) is 21.3 Å². The molecule has 2 aromatic carbocycles. The van der Waals surface area contributed by atoms with Gasteiger partial charge in [0.15, 0.2) is 0 Å². The number of non-ortho nitro benzene ring substituents is 1. The molecule has 2 bridgehead atoms. The summed E-state index contributed by atoms with van der Waals surface area (Å²) in [5, 5.41) is 23.4. The maximum Gasteiger partial charge on any atom is 0.410 e. The van der Waals surface area contributed by atoms with Crippen LogP contribution in [0.2, 0.25) is 0 Å². The zero-order valence-corrected chi connectivity index (χ0v) is 17.4. The number of aromatic hydroxyl groups is 1. The van der Waals surface area contributed by atoms with E-state index in [0.29, 0.717) is 41.7 Å². The molecule has 2 aliphatic heterocycles. The van der Waals surface area contributed by atoms with Gasteiger partial charge in [-0.15, -0.1) is 0 Å². The number of unbranched alkanes of at least 4 members (excludes halogenated alkanes) is 1. The molecule has 0 unspecified atom stereocenters. The third-order valence-corrected chi connectivity index (χ3v) is 6.33. The van der Waals surface area contributed by atoms with Crippen LogP contribution in [0.4, 0.5) is 10.5 Å². The molecule has 1 amide bonds. The van der Waals surface area contributed by atoms with Gasteiger partial charge in [-0.1, -0.05) is 31.5 Å². The Balaban J connectivity index is 1.59. The number of benzene rings is 2. The molecule has 3 heterocycles. The lowest BCUT2D eigenvalue weighted by Crippen LogP contribution is -2.38. The molecule has 2 atom stereocenters. The molecule has 5 rings (SSSR count). The summed E-state index contributed by atoms with van der Waals surface area (Å²) in [5.74, 6) is -0.257. The predicted molar refractivity (Wildman–Crippen MR) is 115 cm³/mol. The summed E-state index contributed by atoms with van der Waals surface area (Å²) in [6, 6.07) is 8.79. The van der Waals surface area contributed by atoms with E-state index in [0.717, 1.165) is 12.8 Å². The Kier molecular flexibility index (Phi) is 4.65. The third kappa shape index (κ3) is 2.79. The number of carbonyl (C=O) groups is 1. The Bertz CT molecular complexity index is 1310. The van der Waals surface area contributed by atoms with Crippen molar-refractivity contribution in [1.82, 2.24) is 14.0 Å². The van der Waals surface area contributed by atoms with Crippen LogP contribution in [-0.4, -0.2) is 43.3 Å². The number of carbonyl (C=O) groups excluding carboxylic acids is 1. The summed E-state index contributed by atoms with van der Waals surface area (Å²) < 4.78 is 8.04. The lowest BCUT2D eigenvalue weighted by molar-refractivity contribution is -0.383. The van der Waals surface area contributed by atoms with E-state index in [4.69, 9.17) is 4.74 Å². The van der Waals surface area contributed by atoms with E-state index in [2.05, 4.69) is 0 Å². The average Bonchev–Trinajstić information content (AvgIpc) is 3.44. The second-order valence-corrected chi connectivity index (χ2v) is 8.13.